The van der Waals surface area contributed by atoms with Gasteiger partial charge in [-0.15, -0.1) is 0 Å². The summed E-state index contributed by atoms with van der Waals surface area (Å²) in [6.45, 7) is 1.92. The van der Waals surface area contributed by atoms with Gasteiger partial charge in [-0.1, -0.05) is 23.7 Å². The van der Waals surface area contributed by atoms with Crippen molar-refractivity contribution in [1.29, 1.82) is 0 Å². The maximum atomic E-state index is 12.6. The average molecular weight is 389 g/mol. The molecule has 0 aliphatic heterocycles. The predicted octanol–water partition coefficient (Wildman–Crippen LogP) is 4.87. The van der Waals surface area contributed by atoms with Crippen LogP contribution in [0.2, 0.25) is 5.02 Å². The van der Waals surface area contributed by atoms with Crippen LogP contribution in [-0.2, 0) is 0 Å². The minimum Gasteiger partial charge on any atom is -0.497 e. The van der Waals surface area contributed by atoms with Gasteiger partial charge in [-0.3, -0.25) is 0 Å². The van der Waals surface area contributed by atoms with Gasteiger partial charge in [-0.05, 0) is 61.6 Å². The molecule has 2 aromatic rings. The van der Waals surface area contributed by atoms with E-state index >= 15 is 0 Å². The third-order valence-electron chi connectivity index (χ3n) is 4.86. The average Bonchev–Trinajstić information content (AvgIpc) is 3.51. The van der Waals surface area contributed by atoms with Gasteiger partial charge >= 0.3 is 6.03 Å². The number of urea groups is 1. The van der Waals surface area contributed by atoms with E-state index in [4.69, 9.17) is 21.1 Å². The maximum Gasteiger partial charge on any atom is 0.315 e. The van der Waals surface area contributed by atoms with Crippen molar-refractivity contribution in [3.05, 3.63) is 58.6 Å². The molecule has 2 N–H and O–H groups in total. The van der Waals surface area contributed by atoms with Crippen LogP contribution in [0, 0.1) is 5.92 Å². The van der Waals surface area contributed by atoms with Crippen LogP contribution >= 0.6 is 11.6 Å². The van der Waals surface area contributed by atoms with Crippen molar-refractivity contribution in [2.75, 3.05) is 14.2 Å². The Hall–Kier alpha value is -2.40. The lowest BCUT2D eigenvalue weighted by Crippen LogP contribution is -2.40. The predicted molar refractivity (Wildman–Crippen MR) is 107 cm³/mol. The lowest BCUT2D eigenvalue weighted by molar-refractivity contribution is 0.232. The molecule has 3 rings (SSSR count). The summed E-state index contributed by atoms with van der Waals surface area (Å²) >= 11 is 5.99. The second-order valence-electron chi connectivity index (χ2n) is 6.81. The van der Waals surface area contributed by atoms with Gasteiger partial charge in [0.2, 0.25) is 0 Å². The molecule has 0 unspecified atom stereocenters. The van der Waals surface area contributed by atoms with Crippen LogP contribution in [0.25, 0.3) is 0 Å². The number of ether oxygens (including phenoxy) is 2. The highest BCUT2D eigenvalue weighted by atomic mass is 35.5. The molecule has 144 valence electrons. The number of methoxy groups -OCH3 is 2. The quantitative estimate of drug-likeness (QED) is 0.711. The van der Waals surface area contributed by atoms with E-state index in [2.05, 4.69) is 10.6 Å². The maximum absolute atomic E-state index is 12.6. The van der Waals surface area contributed by atoms with Crippen molar-refractivity contribution in [2.45, 2.75) is 31.8 Å². The molecule has 2 amide bonds. The molecular weight excluding hydrogens is 364 g/mol. The Balaban J connectivity index is 1.70. The van der Waals surface area contributed by atoms with Crippen molar-refractivity contribution in [3.63, 3.8) is 0 Å². The molecule has 27 heavy (non-hydrogen) atoms. The Labute approximate surface area is 165 Å². The van der Waals surface area contributed by atoms with Gasteiger partial charge in [-0.25, -0.2) is 4.79 Å². The van der Waals surface area contributed by atoms with Crippen LogP contribution in [-0.4, -0.2) is 20.3 Å². The zero-order valence-corrected chi connectivity index (χ0v) is 16.5. The molecular formula is C21H25ClN2O3. The standard InChI is InChI=1S/C21H25ClN2O3/c1-13(18-12-17(26-2)10-11-19(18)27-3)23-21(25)24-20(14-4-5-14)15-6-8-16(22)9-7-15/h6-14,20H,4-5H2,1-3H3,(H2,23,24,25)/t13-,20-/m1/s1. The Bertz CT molecular complexity index is 791. The van der Waals surface area contributed by atoms with E-state index in [-0.39, 0.29) is 18.1 Å². The third kappa shape index (κ3) is 4.86. The number of halogens is 1. The van der Waals surface area contributed by atoms with Gasteiger partial charge in [0.15, 0.2) is 0 Å². The molecule has 0 saturated heterocycles. The van der Waals surface area contributed by atoms with Crippen LogP contribution in [0.1, 0.15) is 43.0 Å². The molecule has 0 heterocycles. The van der Waals surface area contributed by atoms with Gasteiger partial charge in [0.1, 0.15) is 11.5 Å². The lowest BCUT2D eigenvalue weighted by atomic mass is 10.0. The van der Waals surface area contributed by atoms with Gasteiger partial charge in [0, 0.05) is 10.6 Å². The van der Waals surface area contributed by atoms with Gasteiger partial charge in [0.25, 0.3) is 0 Å². The van der Waals surface area contributed by atoms with Crippen LogP contribution in [0.4, 0.5) is 4.79 Å². The van der Waals surface area contributed by atoms with E-state index < -0.39 is 0 Å². The van der Waals surface area contributed by atoms with Gasteiger partial charge in [0.05, 0.1) is 26.3 Å². The largest absolute Gasteiger partial charge is 0.497 e. The zero-order valence-electron chi connectivity index (χ0n) is 15.8. The van der Waals surface area contributed by atoms with Crippen molar-refractivity contribution in [1.82, 2.24) is 10.6 Å². The second-order valence-corrected chi connectivity index (χ2v) is 7.25. The molecule has 6 heteroatoms. The number of amides is 2. The molecule has 2 aromatic carbocycles. The number of hydrogen-bond donors (Lipinski definition) is 2. The fourth-order valence-corrected chi connectivity index (χ4v) is 3.33. The van der Waals surface area contributed by atoms with E-state index in [1.807, 2.05) is 49.4 Å². The van der Waals surface area contributed by atoms with E-state index in [0.717, 1.165) is 29.7 Å². The number of carbonyl (C=O) groups is 1. The minimum absolute atomic E-state index is 0.0123. The van der Waals surface area contributed by atoms with E-state index in [0.29, 0.717) is 16.7 Å². The van der Waals surface area contributed by atoms with E-state index in [1.165, 1.54) is 0 Å². The first-order valence-electron chi connectivity index (χ1n) is 9.06. The van der Waals surface area contributed by atoms with Crippen LogP contribution in [0.3, 0.4) is 0 Å². The van der Waals surface area contributed by atoms with Crippen molar-refractivity contribution < 1.29 is 14.3 Å². The van der Waals surface area contributed by atoms with E-state index in [1.54, 1.807) is 14.2 Å². The zero-order chi connectivity index (χ0) is 19.4. The lowest BCUT2D eigenvalue weighted by Gasteiger charge is -2.22. The number of carbonyl (C=O) groups excluding carboxylic acids is 1. The Morgan fingerprint density at radius 3 is 2.37 bits per heavy atom. The summed E-state index contributed by atoms with van der Waals surface area (Å²) in [4.78, 5) is 12.6. The second kappa shape index (κ2) is 8.53. The van der Waals surface area contributed by atoms with Crippen molar-refractivity contribution in [3.8, 4) is 11.5 Å². The first kappa shape index (κ1) is 19.4. The summed E-state index contributed by atoms with van der Waals surface area (Å²) in [5.41, 5.74) is 1.94. The Morgan fingerprint density at radius 1 is 1.07 bits per heavy atom. The number of nitrogens with one attached hydrogen (secondary N) is 2. The smallest absolute Gasteiger partial charge is 0.315 e. The van der Waals surface area contributed by atoms with Crippen LogP contribution in [0.5, 0.6) is 11.5 Å². The van der Waals surface area contributed by atoms with Crippen LogP contribution in [0.15, 0.2) is 42.5 Å². The Kier molecular flexibility index (Phi) is 6.11. The highest BCUT2D eigenvalue weighted by Gasteiger charge is 2.33. The molecule has 1 aliphatic carbocycles. The first-order chi connectivity index (χ1) is 13.0. The highest BCUT2D eigenvalue weighted by molar-refractivity contribution is 6.30. The normalized spacial score (nSPS) is 15.6. The molecule has 1 fully saturated rings. The minimum atomic E-state index is -0.236. The topological polar surface area (TPSA) is 59.6 Å². The summed E-state index contributed by atoms with van der Waals surface area (Å²) in [6, 6.07) is 12.7. The first-order valence-corrected chi connectivity index (χ1v) is 9.44. The molecule has 1 aliphatic rings. The molecule has 1 saturated carbocycles. The molecule has 0 aromatic heterocycles. The summed E-state index contributed by atoms with van der Waals surface area (Å²) in [7, 11) is 3.23. The monoisotopic (exact) mass is 388 g/mol. The molecule has 0 bridgehead atoms. The number of rotatable bonds is 7. The number of hydrogen-bond acceptors (Lipinski definition) is 3. The third-order valence-corrected chi connectivity index (χ3v) is 5.11. The van der Waals surface area contributed by atoms with Crippen molar-refractivity contribution in [2.24, 2.45) is 5.92 Å². The fourth-order valence-electron chi connectivity index (χ4n) is 3.21. The summed E-state index contributed by atoms with van der Waals surface area (Å²) in [6.07, 6.45) is 2.24. The highest BCUT2D eigenvalue weighted by Crippen LogP contribution is 2.41. The molecule has 2 atom stereocenters. The summed E-state index contributed by atoms with van der Waals surface area (Å²) in [5.74, 6) is 1.90. The summed E-state index contributed by atoms with van der Waals surface area (Å²) in [5, 5.41) is 6.81. The Morgan fingerprint density at radius 2 is 1.78 bits per heavy atom. The van der Waals surface area contributed by atoms with Crippen LogP contribution < -0.4 is 20.1 Å². The fraction of sp³-hybridized carbons (Fsp3) is 0.381. The summed E-state index contributed by atoms with van der Waals surface area (Å²) < 4.78 is 10.7. The number of benzene rings is 2. The molecule has 0 radical (unpaired) electrons. The molecule has 5 nitrogen and oxygen atoms in total. The van der Waals surface area contributed by atoms with Gasteiger partial charge < -0.3 is 20.1 Å². The SMILES string of the molecule is COc1ccc(OC)c([C@@H](C)NC(=O)N[C@@H](c2ccc(Cl)cc2)C2CC2)c1. The van der Waals surface area contributed by atoms with Gasteiger partial charge in [-0.2, -0.15) is 0 Å². The van der Waals surface area contributed by atoms with Crippen molar-refractivity contribution >= 4 is 17.6 Å². The molecule has 0 spiro atoms. The van der Waals surface area contributed by atoms with E-state index in [9.17, 15) is 4.79 Å².